The molecule has 0 saturated carbocycles. The maximum atomic E-state index is 12.3. The summed E-state index contributed by atoms with van der Waals surface area (Å²) in [5.41, 5.74) is -0.453. The van der Waals surface area contributed by atoms with Gasteiger partial charge in [-0.15, -0.1) is 24.0 Å². The summed E-state index contributed by atoms with van der Waals surface area (Å²) in [6, 6.07) is 0. The Morgan fingerprint density at radius 2 is 2.14 bits per heavy atom. The number of carbonyl (C=O) groups is 1. The predicted octanol–water partition coefficient (Wildman–Crippen LogP) is 2.53. The van der Waals surface area contributed by atoms with Crippen LogP contribution < -0.4 is 10.6 Å². The van der Waals surface area contributed by atoms with E-state index >= 15 is 0 Å². The van der Waals surface area contributed by atoms with Crippen LogP contribution >= 0.6 is 24.0 Å². The largest absolute Gasteiger partial charge is 0.444 e. The molecule has 29 heavy (non-hydrogen) atoms. The van der Waals surface area contributed by atoms with Crippen molar-refractivity contribution >= 4 is 36.0 Å². The number of piperidine rings is 1. The van der Waals surface area contributed by atoms with E-state index < -0.39 is 5.60 Å². The Hall–Kier alpha value is -1.59. The molecule has 2 N–H and O–H groups in total. The Balaban J connectivity index is 0.00000420. The maximum absolute atomic E-state index is 12.3. The van der Waals surface area contributed by atoms with Crippen LogP contribution in [0, 0.1) is 5.92 Å². The molecule has 1 saturated heterocycles. The molecule has 0 radical (unpaired) electrons. The van der Waals surface area contributed by atoms with Crippen LogP contribution in [0.3, 0.4) is 0 Å². The first-order valence-electron chi connectivity index (χ1n) is 10.1. The third-order valence-electron chi connectivity index (χ3n) is 4.54. The molecule has 1 aliphatic heterocycles. The average molecular weight is 521 g/mol. The number of hydrogen-bond donors (Lipinski definition) is 2. The van der Waals surface area contributed by atoms with Crippen LogP contribution in [0.4, 0.5) is 4.79 Å². The van der Waals surface area contributed by atoms with Crippen molar-refractivity contribution in [2.45, 2.75) is 59.1 Å². The van der Waals surface area contributed by atoms with Gasteiger partial charge < -0.3 is 20.3 Å². The Morgan fingerprint density at radius 1 is 1.38 bits per heavy atom. The van der Waals surface area contributed by atoms with E-state index in [0.717, 1.165) is 57.2 Å². The number of guanidine groups is 1. The van der Waals surface area contributed by atoms with E-state index in [1.165, 1.54) is 6.33 Å². The SMILES string of the molecule is CCNC(=NCc1ncnn1C)NCCC1CCCN(C(=O)OC(C)(C)C)C1.I. The third-order valence-corrected chi connectivity index (χ3v) is 4.54. The summed E-state index contributed by atoms with van der Waals surface area (Å²) in [4.78, 5) is 22.9. The molecule has 2 heterocycles. The van der Waals surface area contributed by atoms with Crippen LogP contribution in [-0.4, -0.2) is 63.5 Å². The van der Waals surface area contributed by atoms with Gasteiger partial charge in [-0.25, -0.2) is 14.8 Å². The number of aliphatic imine (C=N–C) groups is 1. The van der Waals surface area contributed by atoms with E-state index in [0.29, 0.717) is 12.5 Å². The highest BCUT2D eigenvalue weighted by molar-refractivity contribution is 14.0. The summed E-state index contributed by atoms with van der Waals surface area (Å²) in [5.74, 6) is 2.05. The van der Waals surface area contributed by atoms with Gasteiger partial charge in [0.1, 0.15) is 24.3 Å². The molecule has 1 aromatic rings. The van der Waals surface area contributed by atoms with Crippen molar-refractivity contribution in [3.63, 3.8) is 0 Å². The zero-order valence-corrected chi connectivity index (χ0v) is 20.6. The molecule has 2 rings (SSSR count). The van der Waals surface area contributed by atoms with Crippen molar-refractivity contribution in [3.05, 3.63) is 12.2 Å². The van der Waals surface area contributed by atoms with Crippen LogP contribution in [0.15, 0.2) is 11.3 Å². The van der Waals surface area contributed by atoms with Gasteiger partial charge in [0.15, 0.2) is 5.96 Å². The van der Waals surface area contributed by atoms with E-state index in [4.69, 9.17) is 4.74 Å². The van der Waals surface area contributed by atoms with Crippen molar-refractivity contribution in [1.82, 2.24) is 30.3 Å². The van der Waals surface area contributed by atoms with Crippen molar-refractivity contribution in [2.24, 2.45) is 18.0 Å². The maximum Gasteiger partial charge on any atom is 0.410 e. The fraction of sp³-hybridized carbons (Fsp3) is 0.789. The second kappa shape index (κ2) is 12.2. The van der Waals surface area contributed by atoms with Gasteiger partial charge in [0.05, 0.1) is 0 Å². The van der Waals surface area contributed by atoms with Gasteiger partial charge in [0, 0.05) is 33.2 Å². The van der Waals surface area contributed by atoms with Crippen LogP contribution in [0.2, 0.25) is 0 Å². The van der Waals surface area contributed by atoms with E-state index in [9.17, 15) is 4.79 Å². The Labute approximate surface area is 191 Å². The molecule has 1 aromatic heterocycles. The highest BCUT2D eigenvalue weighted by Crippen LogP contribution is 2.21. The molecule has 1 amide bonds. The second-order valence-electron chi connectivity index (χ2n) is 8.15. The molecule has 0 aromatic carbocycles. The lowest BCUT2D eigenvalue weighted by Crippen LogP contribution is -2.44. The number of carbonyl (C=O) groups excluding carboxylic acids is 1. The highest BCUT2D eigenvalue weighted by atomic mass is 127. The lowest BCUT2D eigenvalue weighted by Gasteiger charge is -2.34. The second-order valence-corrected chi connectivity index (χ2v) is 8.15. The standard InChI is InChI=1S/C19H35N7O2.HI/c1-6-20-17(22-12-16-23-14-24-25(16)5)21-10-9-15-8-7-11-26(13-15)18(27)28-19(2,3)4;/h14-15H,6-13H2,1-5H3,(H2,20,21,22);1H. The first-order valence-corrected chi connectivity index (χ1v) is 10.1. The molecule has 1 atom stereocenters. The predicted molar refractivity (Wildman–Crippen MR) is 124 cm³/mol. The minimum atomic E-state index is -0.453. The number of amides is 1. The number of likely N-dealkylation sites (tertiary alicyclic amines) is 1. The fourth-order valence-corrected chi connectivity index (χ4v) is 3.14. The van der Waals surface area contributed by atoms with Crippen LogP contribution in [-0.2, 0) is 18.3 Å². The number of halogens is 1. The number of aromatic nitrogens is 3. The highest BCUT2D eigenvalue weighted by Gasteiger charge is 2.27. The van der Waals surface area contributed by atoms with Crippen molar-refractivity contribution in [2.75, 3.05) is 26.2 Å². The summed E-state index contributed by atoms with van der Waals surface area (Å²) in [6.07, 6.45) is 4.46. The summed E-state index contributed by atoms with van der Waals surface area (Å²) in [6.45, 7) is 11.3. The Morgan fingerprint density at radius 3 is 2.76 bits per heavy atom. The van der Waals surface area contributed by atoms with Crippen molar-refractivity contribution < 1.29 is 9.53 Å². The molecule has 10 heteroatoms. The molecule has 166 valence electrons. The van der Waals surface area contributed by atoms with Gasteiger partial charge in [-0.1, -0.05) is 0 Å². The van der Waals surface area contributed by atoms with Crippen molar-refractivity contribution in [1.29, 1.82) is 0 Å². The molecule has 9 nitrogen and oxygen atoms in total. The lowest BCUT2D eigenvalue weighted by molar-refractivity contribution is 0.0162. The summed E-state index contributed by atoms with van der Waals surface area (Å²) < 4.78 is 7.23. The molecular weight excluding hydrogens is 485 g/mol. The van der Waals surface area contributed by atoms with Crippen molar-refractivity contribution in [3.8, 4) is 0 Å². The van der Waals surface area contributed by atoms with Gasteiger partial charge in [0.2, 0.25) is 0 Å². The molecular formula is C19H36IN7O2. The van der Waals surface area contributed by atoms with E-state index in [2.05, 4.69) is 25.7 Å². The number of hydrogen-bond acceptors (Lipinski definition) is 5. The smallest absolute Gasteiger partial charge is 0.410 e. The van der Waals surface area contributed by atoms with Crippen LogP contribution in [0.5, 0.6) is 0 Å². The molecule has 0 spiro atoms. The van der Waals surface area contributed by atoms with Crippen LogP contribution in [0.1, 0.15) is 52.8 Å². The average Bonchev–Trinajstić information content (AvgIpc) is 3.03. The molecule has 1 fully saturated rings. The van der Waals surface area contributed by atoms with E-state index in [-0.39, 0.29) is 30.1 Å². The summed E-state index contributed by atoms with van der Waals surface area (Å²) in [5, 5.41) is 10.7. The summed E-state index contributed by atoms with van der Waals surface area (Å²) >= 11 is 0. The Kier molecular flexibility index (Phi) is 10.7. The minimum absolute atomic E-state index is 0. The van der Waals surface area contributed by atoms with E-state index in [1.54, 1.807) is 4.68 Å². The number of nitrogens with zero attached hydrogens (tertiary/aromatic N) is 5. The fourth-order valence-electron chi connectivity index (χ4n) is 3.14. The molecule has 0 bridgehead atoms. The van der Waals surface area contributed by atoms with Gasteiger partial charge in [-0.2, -0.15) is 5.10 Å². The number of nitrogens with one attached hydrogen (secondary N) is 2. The first-order chi connectivity index (χ1) is 13.3. The third kappa shape index (κ3) is 9.18. The lowest BCUT2D eigenvalue weighted by atomic mass is 9.95. The zero-order valence-electron chi connectivity index (χ0n) is 18.3. The zero-order chi connectivity index (χ0) is 20.6. The topological polar surface area (TPSA) is 96.7 Å². The van der Waals surface area contributed by atoms with E-state index in [1.807, 2.05) is 39.6 Å². The molecule has 1 aliphatic rings. The quantitative estimate of drug-likeness (QED) is 0.340. The van der Waals surface area contributed by atoms with Crippen LogP contribution in [0.25, 0.3) is 0 Å². The number of ether oxygens (including phenoxy) is 1. The first kappa shape index (κ1) is 25.4. The minimum Gasteiger partial charge on any atom is -0.444 e. The number of rotatable bonds is 6. The van der Waals surface area contributed by atoms with Gasteiger partial charge in [-0.3, -0.25) is 4.68 Å². The summed E-state index contributed by atoms with van der Waals surface area (Å²) in [7, 11) is 1.86. The Bertz CT molecular complexity index is 657. The normalized spacial score (nSPS) is 17.5. The van der Waals surface area contributed by atoms with Gasteiger partial charge >= 0.3 is 6.09 Å². The number of aryl methyl sites for hydroxylation is 1. The monoisotopic (exact) mass is 521 g/mol. The molecule has 1 unspecified atom stereocenters. The van der Waals surface area contributed by atoms with Gasteiger partial charge in [0.25, 0.3) is 0 Å². The molecule has 0 aliphatic carbocycles. The van der Waals surface area contributed by atoms with Gasteiger partial charge in [-0.05, 0) is 52.9 Å².